The van der Waals surface area contributed by atoms with Gasteiger partial charge in [-0.1, -0.05) is 18.2 Å². The van der Waals surface area contributed by atoms with Gasteiger partial charge in [0.15, 0.2) is 0 Å². The van der Waals surface area contributed by atoms with E-state index >= 15 is 0 Å². The summed E-state index contributed by atoms with van der Waals surface area (Å²) in [5.74, 6) is 0.981. The molecule has 0 saturated heterocycles. The van der Waals surface area contributed by atoms with Crippen molar-refractivity contribution >= 4 is 16.7 Å². The quantitative estimate of drug-likeness (QED) is 0.683. The van der Waals surface area contributed by atoms with Crippen molar-refractivity contribution in [3.05, 3.63) is 54.1 Å². The van der Waals surface area contributed by atoms with Gasteiger partial charge in [0.05, 0.1) is 23.3 Å². The molecule has 4 rings (SSSR count). The van der Waals surface area contributed by atoms with Crippen LogP contribution in [0.1, 0.15) is 17.4 Å². The maximum absolute atomic E-state index is 4.62. The molecule has 1 unspecified atom stereocenters. The highest BCUT2D eigenvalue weighted by atomic mass is 15.0. The van der Waals surface area contributed by atoms with E-state index in [9.17, 15) is 0 Å². The Balaban J connectivity index is 1.73. The molecule has 4 heteroatoms. The number of hydrogen-bond donors (Lipinski definition) is 2. The van der Waals surface area contributed by atoms with Crippen LogP contribution in [0.15, 0.2) is 42.7 Å². The lowest BCUT2D eigenvalue weighted by molar-refractivity contribution is 0.768. The van der Waals surface area contributed by atoms with Gasteiger partial charge in [-0.05, 0) is 17.7 Å². The van der Waals surface area contributed by atoms with Gasteiger partial charge in [-0.25, -0.2) is 4.98 Å². The summed E-state index contributed by atoms with van der Waals surface area (Å²) < 4.78 is 0. The number of nitrogens with one attached hydrogen (secondary N) is 2. The third kappa shape index (κ3) is 1.39. The molecule has 4 nitrogen and oxygen atoms in total. The number of para-hydroxylation sites is 1. The first-order valence-electron chi connectivity index (χ1n) is 6.04. The number of nitrogens with zero attached hydrogens (tertiary/aromatic N) is 2. The van der Waals surface area contributed by atoms with E-state index in [0.29, 0.717) is 0 Å². The second-order valence-electron chi connectivity index (χ2n) is 4.57. The molecule has 3 aromatic rings. The van der Waals surface area contributed by atoms with Gasteiger partial charge in [0, 0.05) is 18.3 Å². The van der Waals surface area contributed by atoms with E-state index in [1.54, 1.807) is 6.20 Å². The van der Waals surface area contributed by atoms with Crippen LogP contribution in [0, 0.1) is 0 Å². The zero-order chi connectivity index (χ0) is 11.9. The molecule has 18 heavy (non-hydrogen) atoms. The summed E-state index contributed by atoms with van der Waals surface area (Å²) in [6.07, 6.45) is 4.56. The first kappa shape index (κ1) is 9.65. The Bertz CT molecular complexity index is 658. The smallest absolute Gasteiger partial charge is 0.130 e. The van der Waals surface area contributed by atoms with E-state index in [1.807, 2.05) is 12.3 Å². The number of pyridine rings is 1. The number of hydrogen-bond acceptors (Lipinski definition) is 3. The average molecular weight is 236 g/mol. The fourth-order valence-corrected chi connectivity index (χ4v) is 2.50. The van der Waals surface area contributed by atoms with Crippen LogP contribution in [-0.4, -0.2) is 15.0 Å². The minimum atomic E-state index is 0.231. The fourth-order valence-electron chi connectivity index (χ4n) is 2.50. The monoisotopic (exact) mass is 236 g/mol. The normalized spacial score (nSPS) is 17.7. The second-order valence-corrected chi connectivity index (χ2v) is 4.57. The molecule has 1 aliphatic heterocycles. The topological polar surface area (TPSA) is 53.6 Å². The maximum Gasteiger partial charge on any atom is 0.130 e. The molecular formula is C14H12N4. The van der Waals surface area contributed by atoms with Crippen molar-refractivity contribution in [1.82, 2.24) is 15.0 Å². The lowest BCUT2D eigenvalue weighted by atomic mass is 10.1. The Hall–Kier alpha value is -2.36. The highest BCUT2D eigenvalue weighted by Gasteiger charge is 2.23. The zero-order valence-corrected chi connectivity index (χ0v) is 9.72. The Morgan fingerprint density at radius 1 is 1.17 bits per heavy atom. The van der Waals surface area contributed by atoms with Gasteiger partial charge in [0.1, 0.15) is 5.82 Å². The lowest BCUT2D eigenvalue weighted by Gasteiger charge is -2.06. The van der Waals surface area contributed by atoms with E-state index < -0.39 is 0 Å². The number of aromatic amines is 1. The Kier molecular flexibility index (Phi) is 1.91. The maximum atomic E-state index is 4.62. The van der Waals surface area contributed by atoms with Gasteiger partial charge < -0.3 is 10.3 Å². The van der Waals surface area contributed by atoms with Crippen molar-refractivity contribution in [1.29, 1.82) is 0 Å². The zero-order valence-electron chi connectivity index (χ0n) is 9.72. The predicted molar refractivity (Wildman–Crippen MR) is 70.4 cm³/mol. The first-order valence-corrected chi connectivity index (χ1v) is 6.04. The Morgan fingerprint density at radius 2 is 2.11 bits per heavy atom. The van der Waals surface area contributed by atoms with Crippen molar-refractivity contribution in [3.63, 3.8) is 0 Å². The third-order valence-corrected chi connectivity index (χ3v) is 3.40. The molecule has 2 N–H and O–H groups in total. The molecule has 1 atom stereocenters. The molecule has 2 aromatic heterocycles. The SMILES string of the molecule is c1ccc2c(c1)CC(c1nc3ccncc3[nH]1)N2. The Morgan fingerprint density at radius 3 is 3.00 bits per heavy atom. The van der Waals surface area contributed by atoms with Crippen LogP contribution in [0.4, 0.5) is 5.69 Å². The molecule has 0 amide bonds. The lowest BCUT2D eigenvalue weighted by Crippen LogP contribution is -2.07. The van der Waals surface area contributed by atoms with E-state index in [0.717, 1.165) is 23.3 Å². The molecular weight excluding hydrogens is 224 g/mol. The van der Waals surface area contributed by atoms with Crippen LogP contribution in [-0.2, 0) is 6.42 Å². The van der Waals surface area contributed by atoms with Gasteiger partial charge in [0.25, 0.3) is 0 Å². The van der Waals surface area contributed by atoms with Crippen molar-refractivity contribution in [2.24, 2.45) is 0 Å². The van der Waals surface area contributed by atoms with Gasteiger partial charge in [0.2, 0.25) is 0 Å². The van der Waals surface area contributed by atoms with Crippen LogP contribution in [0.25, 0.3) is 11.0 Å². The molecule has 0 aliphatic carbocycles. The number of imidazole rings is 1. The molecule has 3 heterocycles. The van der Waals surface area contributed by atoms with Crippen molar-refractivity contribution in [3.8, 4) is 0 Å². The summed E-state index contributed by atoms with van der Waals surface area (Å²) in [4.78, 5) is 12.1. The predicted octanol–water partition coefficient (Wildman–Crippen LogP) is 2.67. The molecule has 0 fully saturated rings. The number of H-pyrrole nitrogens is 1. The number of aromatic nitrogens is 3. The van der Waals surface area contributed by atoms with Crippen LogP contribution >= 0.6 is 0 Å². The van der Waals surface area contributed by atoms with Crippen molar-refractivity contribution < 1.29 is 0 Å². The molecule has 1 aromatic carbocycles. The summed E-state index contributed by atoms with van der Waals surface area (Å²) in [7, 11) is 0. The van der Waals surface area contributed by atoms with E-state index in [4.69, 9.17) is 0 Å². The Labute approximate surface area is 104 Å². The summed E-state index contributed by atoms with van der Waals surface area (Å²) in [5.41, 5.74) is 4.52. The average Bonchev–Trinajstić information content (AvgIpc) is 3.02. The summed E-state index contributed by atoms with van der Waals surface area (Å²) >= 11 is 0. The standard InChI is InChI=1S/C14H12N4/c1-2-4-10-9(3-1)7-12(16-10)14-17-11-5-6-15-8-13(11)18-14/h1-6,8,12,16H,7H2,(H,17,18). The van der Waals surface area contributed by atoms with Gasteiger partial charge in [-0.15, -0.1) is 0 Å². The van der Waals surface area contributed by atoms with E-state index in [2.05, 4.69) is 44.5 Å². The van der Waals surface area contributed by atoms with Crippen LogP contribution < -0.4 is 5.32 Å². The van der Waals surface area contributed by atoms with Crippen LogP contribution in [0.2, 0.25) is 0 Å². The third-order valence-electron chi connectivity index (χ3n) is 3.40. The second kappa shape index (κ2) is 3.57. The van der Waals surface area contributed by atoms with Crippen LogP contribution in [0.3, 0.4) is 0 Å². The van der Waals surface area contributed by atoms with E-state index in [-0.39, 0.29) is 6.04 Å². The molecule has 0 radical (unpaired) electrons. The highest BCUT2D eigenvalue weighted by molar-refractivity contribution is 5.74. The highest BCUT2D eigenvalue weighted by Crippen LogP contribution is 2.33. The molecule has 0 spiro atoms. The summed E-state index contributed by atoms with van der Waals surface area (Å²) in [5, 5.41) is 3.50. The number of benzene rings is 1. The van der Waals surface area contributed by atoms with Crippen LogP contribution in [0.5, 0.6) is 0 Å². The molecule has 1 aliphatic rings. The van der Waals surface area contributed by atoms with Crippen molar-refractivity contribution in [2.75, 3.05) is 5.32 Å². The number of rotatable bonds is 1. The van der Waals surface area contributed by atoms with Gasteiger partial charge in [-0.3, -0.25) is 4.98 Å². The minimum absolute atomic E-state index is 0.231. The number of anilines is 1. The summed E-state index contributed by atoms with van der Waals surface area (Å²) in [6, 6.07) is 10.6. The number of fused-ring (bicyclic) bond motifs is 2. The first-order chi connectivity index (χ1) is 8.90. The van der Waals surface area contributed by atoms with Gasteiger partial charge >= 0.3 is 0 Å². The van der Waals surface area contributed by atoms with Gasteiger partial charge in [-0.2, -0.15) is 0 Å². The fraction of sp³-hybridized carbons (Fsp3) is 0.143. The summed E-state index contributed by atoms with van der Waals surface area (Å²) in [6.45, 7) is 0. The minimum Gasteiger partial charge on any atom is -0.375 e. The molecule has 0 saturated carbocycles. The largest absolute Gasteiger partial charge is 0.375 e. The van der Waals surface area contributed by atoms with Crippen molar-refractivity contribution in [2.45, 2.75) is 12.5 Å². The molecule has 0 bridgehead atoms. The molecule has 88 valence electrons. The van der Waals surface area contributed by atoms with E-state index in [1.165, 1.54) is 11.3 Å².